The van der Waals surface area contributed by atoms with Crippen LogP contribution in [0.5, 0.6) is 0 Å². The molecule has 1 heterocycles. The van der Waals surface area contributed by atoms with Crippen molar-refractivity contribution in [3.63, 3.8) is 0 Å². The highest BCUT2D eigenvalue weighted by atomic mass is 35.5. The van der Waals surface area contributed by atoms with Crippen LogP contribution in [0.3, 0.4) is 0 Å². The van der Waals surface area contributed by atoms with Crippen LogP contribution in [-0.4, -0.2) is 34.8 Å². The Bertz CT molecular complexity index is 1050. The van der Waals surface area contributed by atoms with Gasteiger partial charge in [0.2, 0.25) is 5.91 Å². The van der Waals surface area contributed by atoms with Crippen LogP contribution >= 0.6 is 34.5 Å². The van der Waals surface area contributed by atoms with Gasteiger partial charge < -0.3 is 15.1 Å². The van der Waals surface area contributed by atoms with E-state index in [9.17, 15) is 9.59 Å². The first-order chi connectivity index (χ1) is 16.0. The van der Waals surface area contributed by atoms with Gasteiger partial charge in [-0.15, -0.1) is 11.3 Å². The number of nitrogens with one attached hydrogen (secondary N) is 1. The zero-order valence-electron chi connectivity index (χ0n) is 18.5. The Kier molecular flexibility index (Phi) is 9.61. The van der Waals surface area contributed by atoms with Crippen molar-refractivity contribution in [2.24, 2.45) is 0 Å². The Morgan fingerprint density at radius 2 is 1.76 bits per heavy atom. The van der Waals surface area contributed by atoms with Crippen LogP contribution < -0.4 is 5.32 Å². The number of nitrogens with zero attached hydrogens (tertiary/aromatic N) is 2. The number of benzene rings is 2. The summed E-state index contributed by atoms with van der Waals surface area (Å²) in [6.45, 7) is 3.47. The van der Waals surface area contributed by atoms with Crippen LogP contribution in [0.2, 0.25) is 10.0 Å². The molecule has 5 nitrogen and oxygen atoms in total. The van der Waals surface area contributed by atoms with Gasteiger partial charge >= 0.3 is 6.03 Å². The van der Waals surface area contributed by atoms with Gasteiger partial charge in [0.25, 0.3) is 0 Å². The van der Waals surface area contributed by atoms with Gasteiger partial charge in [0.1, 0.15) is 6.54 Å². The van der Waals surface area contributed by atoms with Crippen LogP contribution in [0.4, 0.5) is 10.5 Å². The summed E-state index contributed by atoms with van der Waals surface area (Å²) in [6, 6.07) is 18.4. The molecule has 2 aromatic carbocycles. The van der Waals surface area contributed by atoms with Crippen molar-refractivity contribution < 1.29 is 9.59 Å². The average molecular weight is 504 g/mol. The Hall–Kier alpha value is -2.54. The first-order valence-corrected chi connectivity index (χ1v) is 12.4. The molecule has 3 amide bonds. The monoisotopic (exact) mass is 503 g/mol. The Morgan fingerprint density at radius 1 is 0.970 bits per heavy atom. The molecule has 3 aromatic rings. The van der Waals surface area contributed by atoms with Gasteiger partial charge in [0.05, 0.1) is 17.3 Å². The number of carbonyl (C=O) groups is 2. The van der Waals surface area contributed by atoms with E-state index in [0.717, 1.165) is 23.3 Å². The molecule has 0 unspecified atom stereocenters. The number of urea groups is 1. The molecule has 0 atom stereocenters. The molecule has 0 aliphatic rings. The Balaban J connectivity index is 1.74. The van der Waals surface area contributed by atoms with E-state index in [4.69, 9.17) is 23.2 Å². The second-order valence-electron chi connectivity index (χ2n) is 7.64. The summed E-state index contributed by atoms with van der Waals surface area (Å²) in [5.74, 6) is -0.110. The third-order valence-electron chi connectivity index (χ3n) is 5.06. The van der Waals surface area contributed by atoms with Crippen molar-refractivity contribution in [1.82, 2.24) is 9.80 Å². The summed E-state index contributed by atoms with van der Waals surface area (Å²) >= 11 is 13.8. The quantitative estimate of drug-likeness (QED) is 0.326. The second-order valence-corrected chi connectivity index (χ2v) is 9.52. The number of carbonyl (C=O) groups excluding carboxylic acids is 2. The van der Waals surface area contributed by atoms with Crippen molar-refractivity contribution in [3.05, 3.63) is 86.5 Å². The zero-order chi connectivity index (χ0) is 23.6. The molecule has 33 heavy (non-hydrogen) atoms. The number of halogens is 2. The van der Waals surface area contributed by atoms with Crippen molar-refractivity contribution in [2.45, 2.75) is 32.9 Å². The zero-order valence-corrected chi connectivity index (χ0v) is 20.8. The van der Waals surface area contributed by atoms with E-state index in [1.54, 1.807) is 39.3 Å². The standard InChI is InChI=1S/C25H27Cl2N3O2S/c1-2-3-13-29(25(32)28-23-12-11-20(26)15-22(23)27)18-24(31)30(17-21-10-7-14-33-21)16-19-8-5-4-6-9-19/h4-12,14-15H,2-3,13,16-18H2,1H3,(H,28,32). The van der Waals surface area contributed by atoms with E-state index >= 15 is 0 Å². The number of hydrogen-bond donors (Lipinski definition) is 1. The van der Waals surface area contributed by atoms with Gasteiger partial charge in [0, 0.05) is 23.0 Å². The number of amides is 3. The van der Waals surface area contributed by atoms with Crippen molar-refractivity contribution >= 4 is 52.2 Å². The minimum Gasteiger partial charge on any atom is -0.332 e. The predicted molar refractivity (Wildman–Crippen MR) is 137 cm³/mol. The first-order valence-electron chi connectivity index (χ1n) is 10.8. The highest BCUT2D eigenvalue weighted by Gasteiger charge is 2.22. The molecule has 0 saturated carbocycles. The summed E-state index contributed by atoms with van der Waals surface area (Å²) in [4.78, 5) is 30.9. The lowest BCUT2D eigenvalue weighted by atomic mass is 10.2. The third kappa shape index (κ3) is 7.77. The first kappa shape index (κ1) is 25.1. The van der Waals surface area contributed by atoms with Crippen LogP contribution in [-0.2, 0) is 17.9 Å². The van der Waals surface area contributed by atoms with Gasteiger partial charge in [0.15, 0.2) is 0 Å². The lowest BCUT2D eigenvalue weighted by Gasteiger charge is -2.28. The number of rotatable bonds is 10. The normalized spacial score (nSPS) is 10.6. The number of hydrogen-bond acceptors (Lipinski definition) is 3. The molecule has 0 fully saturated rings. The van der Waals surface area contributed by atoms with Gasteiger partial charge in [-0.1, -0.05) is 72.9 Å². The molecule has 0 spiro atoms. The summed E-state index contributed by atoms with van der Waals surface area (Å²) < 4.78 is 0. The lowest BCUT2D eigenvalue weighted by molar-refractivity contribution is -0.133. The van der Waals surface area contributed by atoms with E-state index in [1.807, 2.05) is 54.8 Å². The van der Waals surface area contributed by atoms with Gasteiger partial charge in [-0.3, -0.25) is 4.79 Å². The number of anilines is 1. The molecule has 0 radical (unpaired) electrons. The van der Waals surface area contributed by atoms with Crippen molar-refractivity contribution in [1.29, 1.82) is 0 Å². The SMILES string of the molecule is CCCCN(CC(=O)N(Cc1ccccc1)Cc1cccs1)C(=O)Nc1ccc(Cl)cc1Cl. The predicted octanol–water partition coefficient (Wildman–Crippen LogP) is 6.92. The fourth-order valence-electron chi connectivity index (χ4n) is 3.28. The molecular weight excluding hydrogens is 477 g/mol. The lowest BCUT2D eigenvalue weighted by Crippen LogP contribution is -2.44. The maximum Gasteiger partial charge on any atom is 0.322 e. The highest BCUT2D eigenvalue weighted by Crippen LogP contribution is 2.25. The molecule has 3 rings (SSSR count). The smallest absolute Gasteiger partial charge is 0.322 e. The Morgan fingerprint density at radius 3 is 2.42 bits per heavy atom. The van der Waals surface area contributed by atoms with E-state index in [0.29, 0.717) is 35.4 Å². The largest absolute Gasteiger partial charge is 0.332 e. The van der Waals surface area contributed by atoms with Crippen LogP contribution in [0.25, 0.3) is 0 Å². The molecule has 1 N–H and O–H groups in total. The maximum atomic E-state index is 13.4. The summed E-state index contributed by atoms with van der Waals surface area (Å²) in [6.07, 6.45) is 1.70. The van der Waals surface area contributed by atoms with E-state index in [-0.39, 0.29) is 18.5 Å². The van der Waals surface area contributed by atoms with Gasteiger partial charge in [-0.05, 0) is 41.6 Å². The molecule has 0 bridgehead atoms. The molecule has 8 heteroatoms. The molecule has 0 aliphatic heterocycles. The molecule has 174 valence electrons. The molecule has 0 saturated heterocycles. The minimum absolute atomic E-state index is 0.0186. The summed E-state index contributed by atoms with van der Waals surface area (Å²) in [5.41, 5.74) is 1.50. The molecular formula is C25H27Cl2N3O2S. The van der Waals surface area contributed by atoms with Gasteiger partial charge in [-0.25, -0.2) is 4.79 Å². The van der Waals surface area contributed by atoms with Crippen molar-refractivity contribution in [3.8, 4) is 0 Å². The summed E-state index contributed by atoms with van der Waals surface area (Å²) in [5, 5.41) is 5.65. The minimum atomic E-state index is -0.364. The highest BCUT2D eigenvalue weighted by molar-refractivity contribution is 7.09. The fraction of sp³-hybridized carbons (Fsp3) is 0.280. The van der Waals surface area contributed by atoms with Crippen LogP contribution in [0.1, 0.15) is 30.2 Å². The molecule has 1 aromatic heterocycles. The Labute approximate surface area is 208 Å². The topological polar surface area (TPSA) is 52.7 Å². The third-order valence-corrected chi connectivity index (χ3v) is 6.47. The van der Waals surface area contributed by atoms with E-state index < -0.39 is 0 Å². The number of thiophene rings is 1. The van der Waals surface area contributed by atoms with Crippen LogP contribution in [0.15, 0.2) is 66.0 Å². The van der Waals surface area contributed by atoms with Crippen molar-refractivity contribution in [2.75, 3.05) is 18.4 Å². The average Bonchev–Trinajstić information content (AvgIpc) is 3.31. The fourth-order valence-corrected chi connectivity index (χ4v) is 4.45. The van der Waals surface area contributed by atoms with Crippen LogP contribution in [0, 0.1) is 0 Å². The maximum absolute atomic E-state index is 13.4. The van der Waals surface area contributed by atoms with Gasteiger partial charge in [-0.2, -0.15) is 0 Å². The van der Waals surface area contributed by atoms with E-state index in [2.05, 4.69) is 5.32 Å². The van der Waals surface area contributed by atoms with E-state index in [1.165, 1.54) is 0 Å². The molecule has 0 aliphatic carbocycles. The summed E-state index contributed by atoms with van der Waals surface area (Å²) in [7, 11) is 0. The second kappa shape index (κ2) is 12.6. The number of unbranched alkanes of at least 4 members (excludes halogenated alkanes) is 1.